The summed E-state index contributed by atoms with van der Waals surface area (Å²) in [4.78, 5) is 14.8. The van der Waals surface area contributed by atoms with Crippen LogP contribution in [0.2, 0.25) is 0 Å². The number of hydrogen-bond acceptors (Lipinski definition) is 3. The lowest BCUT2D eigenvalue weighted by molar-refractivity contribution is -0.478. The Bertz CT molecular complexity index is 896. The fraction of sp³-hybridized carbons (Fsp3) is 0.643. The minimum absolute atomic E-state index is 0.317. The van der Waals surface area contributed by atoms with E-state index in [9.17, 15) is 9.90 Å². The van der Waals surface area contributed by atoms with Crippen molar-refractivity contribution < 1.29 is 14.5 Å². The van der Waals surface area contributed by atoms with Crippen LogP contribution < -0.4 is 5.11 Å². The zero-order chi connectivity index (χ0) is 23.7. The topological polar surface area (TPSA) is 46.4 Å². The zero-order valence-electron chi connectivity index (χ0n) is 21.3. The van der Waals surface area contributed by atoms with E-state index in [4.69, 9.17) is 0 Å². The van der Waals surface area contributed by atoms with E-state index in [1.54, 1.807) is 0 Å². The van der Waals surface area contributed by atoms with Gasteiger partial charge in [0.05, 0.1) is 0 Å². The van der Waals surface area contributed by atoms with E-state index in [0.717, 1.165) is 12.8 Å². The zero-order valence-corrected chi connectivity index (χ0v) is 21.3. The van der Waals surface area contributed by atoms with Crippen molar-refractivity contribution in [2.24, 2.45) is 35.5 Å². The Morgan fingerprint density at radius 1 is 0.906 bits per heavy atom. The summed E-state index contributed by atoms with van der Waals surface area (Å²) in [6.07, 6.45) is 10.9. The first-order valence-electron chi connectivity index (χ1n) is 12.5. The van der Waals surface area contributed by atoms with Crippen molar-refractivity contribution >= 4 is 11.8 Å². The van der Waals surface area contributed by atoms with Gasteiger partial charge in [0.1, 0.15) is 24.5 Å². The molecule has 0 aromatic heterocycles. The highest BCUT2D eigenvalue weighted by Crippen LogP contribution is 2.40. The summed E-state index contributed by atoms with van der Waals surface area (Å²) >= 11 is 0. The van der Waals surface area contributed by atoms with Crippen LogP contribution in [0.3, 0.4) is 0 Å². The lowest BCUT2D eigenvalue weighted by Gasteiger charge is -2.32. The maximum Gasteiger partial charge on any atom is 0.305 e. The Hall–Kier alpha value is -2.10. The molecule has 0 aromatic carbocycles. The third-order valence-corrected chi connectivity index (χ3v) is 7.35. The first-order chi connectivity index (χ1) is 15.1. The van der Waals surface area contributed by atoms with Crippen molar-refractivity contribution in [1.82, 2.24) is 4.90 Å². The molecular weight excluding hydrogens is 396 g/mol. The highest BCUT2D eigenvalue weighted by molar-refractivity contribution is 6.31. The SMILES string of the molecule is CC(C)C1=C(N2CC[N+](C3=C(C(C)C)C=CC[C@H]3C(C)C)=C2C(=O)[O-])[C@@H](C(C)C)CC=C1. The predicted molar refractivity (Wildman–Crippen MR) is 130 cm³/mol. The van der Waals surface area contributed by atoms with E-state index >= 15 is 0 Å². The normalized spacial score (nSPS) is 24.4. The molecule has 176 valence electrons. The van der Waals surface area contributed by atoms with E-state index in [-0.39, 0.29) is 0 Å². The van der Waals surface area contributed by atoms with Gasteiger partial charge < -0.3 is 9.90 Å². The summed E-state index contributed by atoms with van der Waals surface area (Å²) < 4.78 is 2.10. The maximum atomic E-state index is 12.7. The molecule has 0 N–H and O–H groups in total. The van der Waals surface area contributed by atoms with E-state index < -0.39 is 5.97 Å². The molecular formula is C28H42N2O2. The standard InChI is InChI=1S/C28H42N2O2/c1-17(2)21-11-9-12-22(18(3)4)25(21)29-15-16-30(27(29)28(31)32)26-23(19(5)6)13-10-14-24(26)20(7)8/h9-11,13,17-20,22,24H,12,14-16H2,1-8H3/t22-,24+. The molecule has 2 atom stereocenters. The minimum atomic E-state index is -1.07. The summed E-state index contributed by atoms with van der Waals surface area (Å²) in [7, 11) is 0. The summed E-state index contributed by atoms with van der Waals surface area (Å²) in [6.45, 7) is 19.2. The van der Waals surface area contributed by atoms with Crippen molar-refractivity contribution in [3.8, 4) is 0 Å². The molecule has 0 unspecified atom stereocenters. The smallest absolute Gasteiger partial charge is 0.305 e. The van der Waals surface area contributed by atoms with Gasteiger partial charge in [0.15, 0.2) is 5.97 Å². The maximum absolute atomic E-state index is 12.7. The molecule has 2 aliphatic carbocycles. The van der Waals surface area contributed by atoms with Crippen LogP contribution in [0, 0.1) is 35.5 Å². The van der Waals surface area contributed by atoms with Crippen LogP contribution in [-0.2, 0) is 4.79 Å². The van der Waals surface area contributed by atoms with Crippen molar-refractivity contribution in [3.05, 3.63) is 46.8 Å². The Morgan fingerprint density at radius 2 is 1.44 bits per heavy atom. The van der Waals surface area contributed by atoms with Crippen LogP contribution in [0.1, 0.15) is 68.2 Å². The molecule has 0 bridgehead atoms. The van der Waals surface area contributed by atoms with Gasteiger partial charge in [-0.05, 0) is 47.7 Å². The fourth-order valence-corrected chi connectivity index (χ4v) is 5.62. The Labute approximate surface area is 195 Å². The summed E-state index contributed by atoms with van der Waals surface area (Å²) in [5, 5.41) is 12.7. The number of nitrogens with zero attached hydrogens (tertiary/aromatic N) is 2. The van der Waals surface area contributed by atoms with Crippen LogP contribution in [0.5, 0.6) is 0 Å². The van der Waals surface area contributed by atoms with Crippen LogP contribution in [0.15, 0.2) is 46.8 Å². The van der Waals surface area contributed by atoms with E-state index in [2.05, 4.69) is 89.2 Å². The minimum Gasteiger partial charge on any atom is -0.538 e. The number of carbonyl (C=O) groups excluding carboxylic acids is 1. The second kappa shape index (κ2) is 9.80. The molecule has 4 heteroatoms. The molecule has 0 spiro atoms. The number of rotatable bonds is 7. The van der Waals surface area contributed by atoms with Crippen molar-refractivity contribution in [3.63, 3.8) is 0 Å². The van der Waals surface area contributed by atoms with E-state index in [1.807, 2.05) is 0 Å². The van der Waals surface area contributed by atoms with Crippen LogP contribution in [-0.4, -0.2) is 34.4 Å². The highest BCUT2D eigenvalue weighted by atomic mass is 16.4. The lowest BCUT2D eigenvalue weighted by Crippen LogP contribution is -2.46. The molecule has 0 radical (unpaired) electrons. The highest BCUT2D eigenvalue weighted by Gasteiger charge is 2.44. The molecule has 1 aliphatic heterocycles. The molecule has 0 amide bonds. The van der Waals surface area contributed by atoms with Gasteiger partial charge in [-0.1, -0.05) is 79.7 Å². The quantitative estimate of drug-likeness (QED) is 0.539. The average Bonchev–Trinajstić information content (AvgIpc) is 3.17. The largest absolute Gasteiger partial charge is 0.538 e. The number of hydrogen-bond donors (Lipinski definition) is 0. The van der Waals surface area contributed by atoms with Gasteiger partial charge >= 0.3 is 5.84 Å². The molecule has 4 nitrogen and oxygen atoms in total. The summed E-state index contributed by atoms with van der Waals surface area (Å²) in [6, 6.07) is 0. The Kier molecular flexibility index (Phi) is 7.52. The predicted octanol–water partition coefficient (Wildman–Crippen LogP) is 4.75. The Balaban J connectivity index is 2.25. The summed E-state index contributed by atoms with van der Waals surface area (Å²) in [5.74, 6) is 1.46. The van der Waals surface area contributed by atoms with E-state index in [0.29, 0.717) is 54.4 Å². The van der Waals surface area contributed by atoms with Gasteiger partial charge in [-0.3, -0.25) is 0 Å². The lowest BCUT2D eigenvalue weighted by atomic mass is 9.80. The third-order valence-electron chi connectivity index (χ3n) is 7.35. The molecule has 3 rings (SSSR count). The number of aliphatic carboxylic acids is 1. The van der Waals surface area contributed by atoms with Gasteiger partial charge in [0.25, 0.3) is 0 Å². The molecule has 1 heterocycles. The van der Waals surface area contributed by atoms with Gasteiger partial charge in [-0.25, -0.2) is 9.48 Å². The third kappa shape index (κ3) is 4.51. The Morgan fingerprint density at radius 3 is 1.94 bits per heavy atom. The molecule has 0 saturated carbocycles. The average molecular weight is 439 g/mol. The number of amidine groups is 1. The molecule has 32 heavy (non-hydrogen) atoms. The van der Waals surface area contributed by atoms with Crippen LogP contribution in [0.25, 0.3) is 0 Å². The molecule has 3 aliphatic rings. The second-order valence-electron chi connectivity index (χ2n) is 10.9. The van der Waals surface area contributed by atoms with Gasteiger partial charge in [0, 0.05) is 11.8 Å². The molecule has 0 saturated heterocycles. The van der Waals surface area contributed by atoms with Crippen molar-refractivity contribution in [2.75, 3.05) is 13.1 Å². The number of allylic oxidation sites excluding steroid dienone is 8. The second-order valence-corrected chi connectivity index (χ2v) is 10.9. The van der Waals surface area contributed by atoms with Crippen LogP contribution in [0.4, 0.5) is 0 Å². The first kappa shape index (κ1) is 24.5. The first-order valence-corrected chi connectivity index (χ1v) is 12.5. The van der Waals surface area contributed by atoms with Crippen molar-refractivity contribution in [2.45, 2.75) is 68.2 Å². The molecule has 0 fully saturated rings. The number of carboxylic acid groups (broad SMARTS) is 1. The molecule has 0 aromatic rings. The van der Waals surface area contributed by atoms with E-state index in [1.165, 1.54) is 22.5 Å². The number of carbonyl (C=O) groups is 1. The van der Waals surface area contributed by atoms with Crippen molar-refractivity contribution in [1.29, 1.82) is 0 Å². The van der Waals surface area contributed by atoms with Crippen LogP contribution >= 0.6 is 0 Å². The number of carboxylic acids is 1. The summed E-state index contributed by atoms with van der Waals surface area (Å²) in [5.41, 5.74) is 4.91. The van der Waals surface area contributed by atoms with Gasteiger partial charge in [-0.15, -0.1) is 0 Å². The van der Waals surface area contributed by atoms with Gasteiger partial charge in [0.2, 0.25) is 0 Å². The van der Waals surface area contributed by atoms with Gasteiger partial charge in [-0.2, -0.15) is 0 Å². The fourth-order valence-electron chi connectivity index (χ4n) is 5.62. The monoisotopic (exact) mass is 438 g/mol.